The fraction of sp³-hybridized carbons (Fsp3) is 0.333. The van der Waals surface area contributed by atoms with Gasteiger partial charge in [0.25, 0.3) is 5.69 Å². The highest BCUT2D eigenvalue weighted by Crippen LogP contribution is 2.24. The van der Waals surface area contributed by atoms with E-state index in [1.807, 2.05) is 0 Å². The minimum Gasteiger partial charge on any atom is -0.366 e. The van der Waals surface area contributed by atoms with Crippen LogP contribution in [-0.2, 0) is 19.4 Å². The molecular weight excluding hydrogens is 268 g/mol. The molecular formula is C15H16N4O2. The van der Waals surface area contributed by atoms with Crippen molar-refractivity contribution >= 4 is 11.5 Å². The molecule has 6 nitrogen and oxygen atoms in total. The zero-order valence-corrected chi connectivity index (χ0v) is 11.6. The first-order chi connectivity index (χ1) is 10.2. The molecule has 1 aromatic carbocycles. The Kier molecular flexibility index (Phi) is 3.77. The van der Waals surface area contributed by atoms with E-state index in [9.17, 15) is 10.1 Å². The number of anilines is 1. The van der Waals surface area contributed by atoms with Crippen molar-refractivity contribution in [3.63, 3.8) is 0 Å². The maximum absolute atomic E-state index is 10.6. The molecule has 0 amide bonds. The summed E-state index contributed by atoms with van der Waals surface area (Å²) in [6.07, 6.45) is 5.99. The van der Waals surface area contributed by atoms with Crippen molar-refractivity contribution in [1.82, 2.24) is 9.97 Å². The number of benzene rings is 1. The van der Waals surface area contributed by atoms with Crippen LogP contribution in [0.15, 0.2) is 30.6 Å². The van der Waals surface area contributed by atoms with Crippen LogP contribution in [0.25, 0.3) is 0 Å². The number of hydrogen-bond donors (Lipinski definition) is 1. The van der Waals surface area contributed by atoms with Gasteiger partial charge in [-0.2, -0.15) is 0 Å². The second-order valence-corrected chi connectivity index (χ2v) is 5.13. The molecule has 6 heteroatoms. The molecule has 0 aliphatic heterocycles. The smallest absolute Gasteiger partial charge is 0.269 e. The van der Waals surface area contributed by atoms with E-state index in [4.69, 9.17) is 0 Å². The van der Waals surface area contributed by atoms with Crippen LogP contribution in [0.3, 0.4) is 0 Å². The van der Waals surface area contributed by atoms with Crippen molar-refractivity contribution in [1.29, 1.82) is 0 Å². The zero-order chi connectivity index (χ0) is 14.7. The summed E-state index contributed by atoms with van der Waals surface area (Å²) in [7, 11) is 0. The maximum Gasteiger partial charge on any atom is 0.269 e. The van der Waals surface area contributed by atoms with E-state index in [0.29, 0.717) is 6.54 Å². The summed E-state index contributed by atoms with van der Waals surface area (Å²) in [4.78, 5) is 18.9. The lowest BCUT2D eigenvalue weighted by Crippen LogP contribution is -2.12. The minimum atomic E-state index is -0.391. The molecule has 3 rings (SSSR count). The fourth-order valence-corrected chi connectivity index (χ4v) is 2.59. The molecule has 2 aromatic rings. The predicted molar refractivity (Wildman–Crippen MR) is 79.1 cm³/mol. The first-order valence-corrected chi connectivity index (χ1v) is 7.04. The average molecular weight is 284 g/mol. The number of hydrogen-bond acceptors (Lipinski definition) is 5. The van der Waals surface area contributed by atoms with E-state index < -0.39 is 4.92 Å². The second-order valence-electron chi connectivity index (χ2n) is 5.13. The van der Waals surface area contributed by atoms with Crippen LogP contribution >= 0.6 is 0 Å². The highest BCUT2D eigenvalue weighted by molar-refractivity contribution is 5.47. The zero-order valence-electron chi connectivity index (χ0n) is 11.6. The number of aryl methyl sites for hydroxylation is 1. The van der Waals surface area contributed by atoms with Gasteiger partial charge in [0.2, 0.25) is 0 Å². The van der Waals surface area contributed by atoms with E-state index in [-0.39, 0.29) is 5.69 Å². The van der Waals surface area contributed by atoms with Gasteiger partial charge in [-0.05, 0) is 31.2 Å². The van der Waals surface area contributed by atoms with Crippen molar-refractivity contribution in [2.75, 3.05) is 5.32 Å². The Labute approximate surface area is 122 Å². The minimum absolute atomic E-state index is 0.109. The Morgan fingerprint density at radius 3 is 2.67 bits per heavy atom. The molecule has 108 valence electrons. The van der Waals surface area contributed by atoms with Crippen LogP contribution in [0, 0.1) is 10.1 Å². The Hall–Kier alpha value is -2.50. The molecule has 0 radical (unpaired) electrons. The molecule has 0 spiro atoms. The first-order valence-electron chi connectivity index (χ1n) is 7.04. The summed E-state index contributed by atoms with van der Waals surface area (Å²) in [6, 6.07) is 6.57. The highest BCUT2D eigenvalue weighted by atomic mass is 16.6. The van der Waals surface area contributed by atoms with Crippen LogP contribution in [0.2, 0.25) is 0 Å². The monoisotopic (exact) mass is 284 g/mol. The summed E-state index contributed by atoms with van der Waals surface area (Å²) < 4.78 is 0. The largest absolute Gasteiger partial charge is 0.366 e. The Morgan fingerprint density at radius 2 is 1.90 bits per heavy atom. The van der Waals surface area contributed by atoms with Gasteiger partial charge in [0, 0.05) is 29.9 Å². The summed E-state index contributed by atoms with van der Waals surface area (Å²) in [5.41, 5.74) is 3.45. The Balaban J connectivity index is 1.71. The van der Waals surface area contributed by atoms with E-state index in [2.05, 4.69) is 15.3 Å². The van der Waals surface area contributed by atoms with Gasteiger partial charge < -0.3 is 5.32 Å². The topological polar surface area (TPSA) is 81.0 Å². The number of nitro benzene ring substituents is 1. The van der Waals surface area contributed by atoms with Crippen LogP contribution in [0.5, 0.6) is 0 Å². The van der Waals surface area contributed by atoms with E-state index in [1.54, 1.807) is 18.5 Å². The standard InChI is InChI=1S/C15H16N4O2/c20-19(21)12-7-5-11(6-8-12)9-16-15-13-3-1-2-4-14(13)17-10-18-15/h5-8,10H,1-4,9H2,(H,16,17,18). The van der Waals surface area contributed by atoms with Gasteiger partial charge in [-0.25, -0.2) is 9.97 Å². The number of nitro groups is 1. The lowest BCUT2D eigenvalue weighted by molar-refractivity contribution is -0.384. The van der Waals surface area contributed by atoms with Gasteiger partial charge in [0.15, 0.2) is 0 Å². The van der Waals surface area contributed by atoms with E-state index in [0.717, 1.165) is 29.9 Å². The predicted octanol–water partition coefficient (Wildman–Crippen LogP) is 2.88. The summed E-state index contributed by atoms with van der Waals surface area (Å²) >= 11 is 0. The number of nitrogens with zero attached hydrogens (tertiary/aromatic N) is 3. The molecule has 0 bridgehead atoms. The van der Waals surface area contributed by atoms with Crippen LogP contribution < -0.4 is 5.32 Å². The lowest BCUT2D eigenvalue weighted by atomic mass is 9.96. The maximum atomic E-state index is 10.6. The first kappa shape index (κ1) is 13.5. The number of rotatable bonds is 4. The second kappa shape index (κ2) is 5.87. The number of non-ortho nitro benzene ring substituents is 1. The third kappa shape index (κ3) is 2.99. The van der Waals surface area contributed by atoms with Gasteiger partial charge in [-0.3, -0.25) is 10.1 Å². The van der Waals surface area contributed by atoms with Crippen molar-refractivity contribution in [2.45, 2.75) is 32.2 Å². The van der Waals surface area contributed by atoms with Crippen molar-refractivity contribution in [3.8, 4) is 0 Å². The van der Waals surface area contributed by atoms with Gasteiger partial charge >= 0.3 is 0 Å². The van der Waals surface area contributed by atoms with Crippen LogP contribution in [-0.4, -0.2) is 14.9 Å². The van der Waals surface area contributed by atoms with Crippen molar-refractivity contribution < 1.29 is 4.92 Å². The normalized spacial score (nSPS) is 13.5. The third-order valence-corrected chi connectivity index (χ3v) is 3.73. The third-order valence-electron chi connectivity index (χ3n) is 3.73. The lowest BCUT2D eigenvalue weighted by Gasteiger charge is -2.18. The quantitative estimate of drug-likeness (QED) is 0.689. The molecule has 0 fully saturated rings. The molecule has 0 saturated carbocycles. The van der Waals surface area contributed by atoms with Gasteiger partial charge in [-0.1, -0.05) is 12.1 Å². The molecule has 1 heterocycles. The highest BCUT2D eigenvalue weighted by Gasteiger charge is 2.15. The van der Waals surface area contributed by atoms with Gasteiger partial charge in [0.1, 0.15) is 12.1 Å². The summed E-state index contributed by atoms with van der Waals surface area (Å²) in [5, 5.41) is 13.9. The van der Waals surface area contributed by atoms with Crippen molar-refractivity contribution in [3.05, 3.63) is 57.5 Å². The molecule has 1 N–H and O–H groups in total. The van der Waals surface area contributed by atoms with Gasteiger partial charge in [-0.15, -0.1) is 0 Å². The van der Waals surface area contributed by atoms with E-state index >= 15 is 0 Å². The Morgan fingerprint density at radius 1 is 1.14 bits per heavy atom. The molecule has 1 aliphatic carbocycles. The SMILES string of the molecule is O=[N+]([O-])c1ccc(CNc2ncnc3c2CCCC3)cc1. The van der Waals surface area contributed by atoms with Gasteiger partial charge in [0.05, 0.1) is 4.92 Å². The number of aromatic nitrogens is 2. The number of nitrogens with one attached hydrogen (secondary N) is 1. The molecule has 21 heavy (non-hydrogen) atoms. The van der Waals surface area contributed by atoms with E-state index in [1.165, 1.54) is 30.5 Å². The molecule has 0 atom stereocenters. The fourth-order valence-electron chi connectivity index (χ4n) is 2.59. The number of fused-ring (bicyclic) bond motifs is 1. The van der Waals surface area contributed by atoms with Crippen LogP contribution in [0.4, 0.5) is 11.5 Å². The molecule has 0 unspecified atom stereocenters. The molecule has 0 saturated heterocycles. The average Bonchev–Trinajstić information content (AvgIpc) is 2.53. The summed E-state index contributed by atoms with van der Waals surface area (Å²) in [6.45, 7) is 0.599. The van der Waals surface area contributed by atoms with Crippen LogP contribution in [0.1, 0.15) is 29.7 Å². The Bertz CT molecular complexity index is 655. The molecule has 1 aromatic heterocycles. The molecule has 1 aliphatic rings. The summed E-state index contributed by atoms with van der Waals surface area (Å²) in [5.74, 6) is 0.887. The van der Waals surface area contributed by atoms with Crippen molar-refractivity contribution in [2.24, 2.45) is 0 Å².